The van der Waals surface area contributed by atoms with Gasteiger partial charge in [-0.15, -0.1) is 0 Å². The van der Waals surface area contributed by atoms with E-state index < -0.39 is 6.09 Å². The summed E-state index contributed by atoms with van der Waals surface area (Å²) in [6.45, 7) is 1.25. The third kappa shape index (κ3) is 2.16. The fourth-order valence-corrected chi connectivity index (χ4v) is 2.56. The van der Waals surface area contributed by atoms with Crippen LogP contribution < -0.4 is 0 Å². The van der Waals surface area contributed by atoms with Crippen LogP contribution in [0.25, 0.3) is 0 Å². The van der Waals surface area contributed by atoms with Crippen molar-refractivity contribution in [3.63, 3.8) is 0 Å². The molecule has 5 nitrogen and oxygen atoms in total. The van der Waals surface area contributed by atoms with Crippen LogP contribution >= 0.6 is 22.6 Å². The molecule has 88 valence electrons. The Morgan fingerprint density at radius 2 is 2.19 bits per heavy atom. The van der Waals surface area contributed by atoms with Gasteiger partial charge in [-0.25, -0.2) is 9.78 Å². The Balaban J connectivity index is 2.04. The maximum Gasteiger partial charge on any atom is 0.407 e. The first-order chi connectivity index (χ1) is 7.59. The van der Waals surface area contributed by atoms with E-state index in [1.807, 2.05) is 13.2 Å². The molecule has 1 fully saturated rings. The Morgan fingerprint density at radius 1 is 1.56 bits per heavy atom. The molecular formula is C10H14IN3O2. The number of nitrogens with zero attached hydrogens (tertiary/aromatic N) is 3. The van der Waals surface area contributed by atoms with Gasteiger partial charge < -0.3 is 14.6 Å². The van der Waals surface area contributed by atoms with Crippen molar-refractivity contribution in [2.45, 2.75) is 18.8 Å². The average Bonchev–Trinajstić information content (AvgIpc) is 2.60. The molecular weight excluding hydrogens is 321 g/mol. The predicted molar refractivity (Wildman–Crippen MR) is 67.5 cm³/mol. The van der Waals surface area contributed by atoms with E-state index in [0.29, 0.717) is 19.0 Å². The maximum absolute atomic E-state index is 10.8. The molecule has 0 aliphatic carbocycles. The Labute approximate surface area is 108 Å². The van der Waals surface area contributed by atoms with Gasteiger partial charge in [0.1, 0.15) is 0 Å². The zero-order valence-electron chi connectivity index (χ0n) is 9.06. The van der Waals surface area contributed by atoms with E-state index in [1.165, 1.54) is 10.6 Å². The lowest BCUT2D eigenvalue weighted by atomic mass is 9.94. The molecule has 1 amide bonds. The summed E-state index contributed by atoms with van der Waals surface area (Å²) < 4.78 is 3.06. The lowest BCUT2D eigenvalue weighted by Gasteiger charge is -2.30. The monoisotopic (exact) mass is 335 g/mol. The van der Waals surface area contributed by atoms with Gasteiger partial charge in [0.25, 0.3) is 0 Å². The molecule has 0 bridgehead atoms. The quantitative estimate of drug-likeness (QED) is 0.798. The van der Waals surface area contributed by atoms with E-state index in [4.69, 9.17) is 5.11 Å². The SMILES string of the molecule is Cn1c(C2CCN(C(=O)O)CC2)cnc1I. The number of carboxylic acid groups (broad SMARTS) is 1. The largest absolute Gasteiger partial charge is 0.465 e. The highest BCUT2D eigenvalue weighted by Crippen LogP contribution is 2.28. The van der Waals surface area contributed by atoms with Crippen molar-refractivity contribution in [2.75, 3.05) is 13.1 Å². The van der Waals surface area contributed by atoms with Gasteiger partial charge in [0.15, 0.2) is 3.83 Å². The first kappa shape index (κ1) is 11.7. The fourth-order valence-electron chi connectivity index (χ4n) is 2.14. The van der Waals surface area contributed by atoms with Gasteiger partial charge in [0, 0.05) is 37.9 Å². The Morgan fingerprint density at radius 3 is 2.62 bits per heavy atom. The van der Waals surface area contributed by atoms with Crippen LogP contribution in [0.3, 0.4) is 0 Å². The van der Waals surface area contributed by atoms with Crippen LogP contribution in [-0.2, 0) is 7.05 Å². The van der Waals surface area contributed by atoms with E-state index in [2.05, 4.69) is 32.1 Å². The van der Waals surface area contributed by atoms with Gasteiger partial charge in [-0.3, -0.25) is 0 Å². The molecule has 1 aromatic heterocycles. The lowest BCUT2D eigenvalue weighted by Crippen LogP contribution is -2.37. The highest BCUT2D eigenvalue weighted by atomic mass is 127. The third-order valence-corrected chi connectivity index (χ3v) is 4.15. The van der Waals surface area contributed by atoms with Gasteiger partial charge in [0.2, 0.25) is 0 Å². The van der Waals surface area contributed by atoms with Crippen LogP contribution in [0, 0.1) is 3.83 Å². The summed E-state index contributed by atoms with van der Waals surface area (Å²) in [5.74, 6) is 0.441. The summed E-state index contributed by atoms with van der Waals surface area (Å²) in [5.41, 5.74) is 1.22. The minimum absolute atomic E-state index is 0.441. The summed E-state index contributed by atoms with van der Waals surface area (Å²) in [4.78, 5) is 16.5. The Bertz CT molecular complexity index is 397. The van der Waals surface area contributed by atoms with Crippen molar-refractivity contribution in [1.82, 2.24) is 14.5 Å². The zero-order chi connectivity index (χ0) is 11.7. The van der Waals surface area contributed by atoms with Crippen LogP contribution in [0.2, 0.25) is 0 Å². The highest BCUT2D eigenvalue weighted by molar-refractivity contribution is 14.1. The van der Waals surface area contributed by atoms with Gasteiger partial charge in [-0.2, -0.15) is 0 Å². The molecule has 0 atom stereocenters. The van der Waals surface area contributed by atoms with Crippen LogP contribution in [0.5, 0.6) is 0 Å². The van der Waals surface area contributed by atoms with E-state index in [0.717, 1.165) is 16.7 Å². The standard InChI is InChI=1S/C10H14IN3O2/c1-13-8(6-12-9(13)11)7-2-4-14(5-3-7)10(15)16/h6-7H,2-5H2,1H3,(H,15,16). The zero-order valence-corrected chi connectivity index (χ0v) is 11.2. The number of aromatic nitrogens is 2. The second-order valence-electron chi connectivity index (χ2n) is 4.06. The molecule has 16 heavy (non-hydrogen) atoms. The number of imidazole rings is 1. The molecule has 2 heterocycles. The number of hydrogen-bond donors (Lipinski definition) is 1. The number of hydrogen-bond acceptors (Lipinski definition) is 2. The summed E-state index contributed by atoms with van der Waals surface area (Å²) in [7, 11) is 2.01. The number of amides is 1. The molecule has 1 aromatic rings. The number of halogens is 1. The Hall–Kier alpha value is -0.790. The molecule has 6 heteroatoms. The normalized spacial score (nSPS) is 17.8. The van der Waals surface area contributed by atoms with Gasteiger partial charge in [-0.1, -0.05) is 0 Å². The second kappa shape index (κ2) is 4.60. The maximum atomic E-state index is 10.8. The topological polar surface area (TPSA) is 58.4 Å². The van der Waals surface area contributed by atoms with Crippen molar-refractivity contribution in [2.24, 2.45) is 7.05 Å². The van der Waals surface area contributed by atoms with Gasteiger partial charge >= 0.3 is 6.09 Å². The molecule has 0 unspecified atom stereocenters. The molecule has 0 spiro atoms. The third-order valence-electron chi connectivity index (χ3n) is 3.15. The van der Waals surface area contributed by atoms with Gasteiger partial charge in [0.05, 0.1) is 0 Å². The minimum atomic E-state index is -0.807. The smallest absolute Gasteiger partial charge is 0.407 e. The minimum Gasteiger partial charge on any atom is -0.465 e. The number of rotatable bonds is 1. The van der Waals surface area contributed by atoms with Crippen LogP contribution in [0.1, 0.15) is 24.5 Å². The van der Waals surface area contributed by atoms with Crippen LogP contribution in [0.15, 0.2) is 6.20 Å². The van der Waals surface area contributed by atoms with Crippen molar-refractivity contribution in [3.05, 3.63) is 15.7 Å². The van der Waals surface area contributed by atoms with E-state index >= 15 is 0 Å². The van der Waals surface area contributed by atoms with Crippen molar-refractivity contribution in [3.8, 4) is 0 Å². The average molecular weight is 335 g/mol. The van der Waals surface area contributed by atoms with E-state index in [9.17, 15) is 4.79 Å². The molecule has 2 rings (SSSR count). The fraction of sp³-hybridized carbons (Fsp3) is 0.600. The number of piperidine rings is 1. The molecule has 0 radical (unpaired) electrons. The molecule has 1 N–H and O–H groups in total. The van der Waals surface area contributed by atoms with E-state index in [1.54, 1.807) is 0 Å². The van der Waals surface area contributed by atoms with Gasteiger partial charge in [-0.05, 0) is 35.4 Å². The first-order valence-electron chi connectivity index (χ1n) is 5.24. The van der Waals surface area contributed by atoms with Crippen LogP contribution in [0.4, 0.5) is 4.79 Å². The Kier molecular flexibility index (Phi) is 3.36. The second-order valence-corrected chi connectivity index (χ2v) is 5.02. The highest BCUT2D eigenvalue weighted by Gasteiger charge is 2.25. The molecule has 1 saturated heterocycles. The molecule has 1 aliphatic heterocycles. The van der Waals surface area contributed by atoms with Crippen LogP contribution in [-0.4, -0.2) is 38.7 Å². The lowest BCUT2D eigenvalue weighted by molar-refractivity contribution is 0.131. The predicted octanol–water partition coefficient (Wildman–Crippen LogP) is 1.88. The molecule has 0 saturated carbocycles. The summed E-state index contributed by atoms with van der Waals surface area (Å²) >= 11 is 2.20. The van der Waals surface area contributed by atoms with Crippen molar-refractivity contribution >= 4 is 28.7 Å². The van der Waals surface area contributed by atoms with Crippen molar-refractivity contribution in [1.29, 1.82) is 0 Å². The molecule has 0 aromatic carbocycles. The summed E-state index contributed by atoms with van der Waals surface area (Å²) in [5, 5.41) is 8.86. The number of carbonyl (C=O) groups is 1. The summed E-state index contributed by atoms with van der Waals surface area (Å²) in [6.07, 6.45) is 2.88. The number of likely N-dealkylation sites (tertiary alicyclic amines) is 1. The summed E-state index contributed by atoms with van der Waals surface area (Å²) in [6, 6.07) is 0. The van der Waals surface area contributed by atoms with E-state index in [-0.39, 0.29) is 0 Å². The first-order valence-corrected chi connectivity index (χ1v) is 6.32. The van der Waals surface area contributed by atoms with Crippen molar-refractivity contribution < 1.29 is 9.90 Å². The molecule has 1 aliphatic rings.